The van der Waals surface area contributed by atoms with Gasteiger partial charge in [-0.05, 0) is 29.8 Å². The summed E-state index contributed by atoms with van der Waals surface area (Å²) in [5, 5.41) is 18.9. The largest absolute Gasteiger partial charge is 0.508 e. The van der Waals surface area contributed by atoms with E-state index in [1.54, 1.807) is 36.0 Å². The van der Waals surface area contributed by atoms with Crippen molar-refractivity contribution in [1.29, 1.82) is 0 Å². The number of hydrogen-bond donors (Lipinski definition) is 2. The number of rotatable bonds is 3. The fourth-order valence-corrected chi connectivity index (χ4v) is 2.28. The van der Waals surface area contributed by atoms with E-state index in [0.29, 0.717) is 5.75 Å². The van der Waals surface area contributed by atoms with Crippen LogP contribution in [0, 0.1) is 0 Å². The Morgan fingerprint density at radius 1 is 0.938 bits per heavy atom. The molecule has 0 saturated heterocycles. The van der Waals surface area contributed by atoms with Crippen LogP contribution < -0.4 is 0 Å². The molecule has 0 aliphatic rings. The second kappa shape index (κ2) is 4.94. The average molecular weight is 232 g/mol. The Balaban J connectivity index is 2.05. The maximum atomic E-state index is 9.57. The normalized spacial score (nSPS) is 10.2. The highest BCUT2D eigenvalue weighted by molar-refractivity contribution is 7.98. The molecule has 0 aromatic heterocycles. The van der Waals surface area contributed by atoms with Crippen molar-refractivity contribution in [3.8, 4) is 11.5 Å². The SMILES string of the molecule is Oc1cccc(CSc2ccccc2O)c1. The molecule has 0 saturated carbocycles. The van der Waals surface area contributed by atoms with Crippen LogP contribution in [0.25, 0.3) is 0 Å². The third kappa shape index (κ3) is 2.70. The van der Waals surface area contributed by atoms with Gasteiger partial charge in [0.25, 0.3) is 0 Å². The lowest BCUT2D eigenvalue weighted by molar-refractivity contribution is 0.462. The van der Waals surface area contributed by atoms with Crippen LogP contribution >= 0.6 is 11.8 Å². The van der Waals surface area contributed by atoms with Gasteiger partial charge in [0.15, 0.2) is 0 Å². The molecule has 0 radical (unpaired) electrons. The van der Waals surface area contributed by atoms with Crippen LogP contribution in [0.4, 0.5) is 0 Å². The summed E-state index contributed by atoms with van der Waals surface area (Å²) in [7, 11) is 0. The van der Waals surface area contributed by atoms with Crippen LogP contribution in [0.2, 0.25) is 0 Å². The zero-order chi connectivity index (χ0) is 11.4. The van der Waals surface area contributed by atoms with Gasteiger partial charge in [-0.2, -0.15) is 0 Å². The van der Waals surface area contributed by atoms with Crippen molar-refractivity contribution in [2.24, 2.45) is 0 Å². The lowest BCUT2D eigenvalue weighted by Crippen LogP contribution is -1.80. The number of hydrogen-bond acceptors (Lipinski definition) is 3. The topological polar surface area (TPSA) is 40.5 Å². The first-order valence-electron chi connectivity index (χ1n) is 4.94. The highest BCUT2D eigenvalue weighted by Gasteiger charge is 2.01. The van der Waals surface area contributed by atoms with Gasteiger partial charge >= 0.3 is 0 Å². The number of thioether (sulfide) groups is 1. The van der Waals surface area contributed by atoms with Crippen LogP contribution in [0.1, 0.15) is 5.56 Å². The zero-order valence-electron chi connectivity index (χ0n) is 8.63. The summed E-state index contributed by atoms with van der Waals surface area (Å²) in [5.41, 5.74) is 1.04. The predicted octanol–water partition coefficient (Wildman–Crippen LogP) is 3.39. The number of phenolic OH excluding ortho intramolecular Hbond substituents is 2. The van der Waals surface area contributed by atoms with E-state index in [0.717, 1.165) is 16.2 Å². The Bertz CT molecular complexity index is 483. The summed E-state index contributed by atoms with van der Waals surface area (Å²) in [5.74, 6) is 1.30. The van der Waals surface area contributed by atoms with Crippen LogP contribution in [-0.2, 0) is 5.75 Å². The Labute approximate surface area is 98.6 Å². The summed E-state index contributed by atoms with van der Waals surface area (Å²) >= 11 is 1.55. The third-order valence-corrected chi connectivity index (χ3v) is 3.30. The van der Waals surface area contributed by atoms with Gasteiger partial charge in [0, 0.05) is 10.6 Å². The van der Waals surface area contributed by atoms with E-state index in [-0.39, 0.29) is 5.75 Å². The maximum absolute atomic E-state index is 9.57. The Morgan fingerprint density at radius 2 is 1.75 bits per heavy atom. The quantitative estimate of drug-likeness (QED) is 0.797. The van der Waals surface area contributed by atoms with Crippen molar-refractivity contribution < 1.29 is 10.2 Å². The standard InChI is InChI=1S/C13H12O2S/c14-11-5-3-4-10(8-11)9-16-13-7-2-1-6-12(13)15/h1-8,14-15H,9H2. The van der Waals surface area contributed by atoms with Crippen LogP contribution in [0.15, 0.2) is 53.4 Å². The summed E-state index contributed by atoms with van der Waals surface area (Å²) in [6, 6.07) is 14.4. The minimum atomic E-state index is 0.274. The van der Waals surface area contributed by atoms with Gasteiger partial charge in [-0.25, -0.2) is 0 Å². The van der Waals surface area contributed by atoms with Gasteiger partial charge in [-0.1, -0.05) is 24.3 Å². The van der Waals surface area contributed by atoms with E-state index >= 15 is 0 Å². The molecule has 2 aromatic rings. The molecule has 0 bridgehead atoms. The van der Waals surface area contributed by atoms with Gasteiger partial charge < -0.3 is 10.2 Å². The molecule has 0 fully saturated rings. The van der Waals surface area contributed by atoms with E-state index in [9.17, 15) is 10.2 Å². The monoisotopic (exact) mass is 232 g/mol. The average Bonchev–Trinajstić information content (AvgIpc) is 2.28. The predicted molar refractivity (Wildman–Crippen MR) is 65.8 cm³/mol. The zero-order valence-corrected chi connectivity index (χ0v) is 9.45. The molecule has 2 aromatic carbocycles. The molecule has 2 rings (SSSR count). The molecule has 0 atom stereocenters. The van der Waals surface area contributed by atoms with Crippen LogP contribution in [-0.4, -0.2) is 10.2 Å². The first-order chi connectivity index (χ1) is 7.75. The van der Waals surface area contributed by atoms with Gasteiger partial charge in [-0.3, -0.25) is 0 Å². The Morgan fingerprint density at radius 3 is 2.50 bits per heavy atom. The van der Waals surface area contributed by atoms with E-state index in [1.165, 1.54) is 0 Å². The second-order valence-electron chi connectivity index (χ2n) is 3.43. The van der Waals surface area contributed by atoms with Gasteiger partial charge in [0.2, 0.25) is 0 Å². The van der Waals surface area contributed by atoms with Crippen LogP contribution in [0.3, 0.4) is 0 Å². The maximum Gasteiger partial charge on any atom is 0.129 e. The number of para-hydroxylation sites is 1. The molecule has 3 heteroatoms. The van der Waals surface area contributed by atoms with Crippen molar-refractivity contribution in [3.05, 3.63) is 54.1 Å². The minimum Gasteiger partial charge on any atom is -0.508 e. The lowest BCUT2D eigenvalue weighted by atomic mass is 10.2. The second-order valence-corrected chi connectivity index (χ2v) is 4.44. The van der Waals surface area contributed by atoms with Crippen molar-refractivity contribution in [2.45, 2.75) is 10.6 Å². The minimum absolute atomic E-state index is 0.274. The highest BCUT2D eigenvalue weighted by atomic mass is 32.2. The van der Waals surface area contributed by atoms with E-state index in [4.69, 9.17) is 0 Å². The fraction of sp³-hybridized carbons (Fsp3) is 0.0769. The van der Waals surface area contributed by atoms with Crippen molar-refractivity contribution in [2.75, 3.05) is 0 Å². The summed E-state index contributed by atoms with van der Waals surface area (Å²) in [4.78, 5) is 0.853. The van der Waals surface area contributed by atoms with Crippen molar-refractivity contribution in [1.82, 2.24) is 0 Å². The van der Waals surface area contributed by atoms with Crippen molar-refractivity contribution >= 4 is 11.8 Å². The molecule has 2 nitrogen and oxygen atoms in total. The molecule has 0 heterocycles. The number of aromatic hydroxyl groups is 2. The molecular formula is C13H12O2S. The Hall–Kier alpha value is -1.61. The van der Waals surface area contributed by atoms with E-state index in [2.05, 4.69) is 0 Å². The highest BCUT2D eigenvalue weighted by Crippen LogP contribution is 2.30. The fourth-order valence-electron chi connectivity index (χ4n) is 1.39. The third-order valence-electron chi connectivity index (χ3n) is 2.17. The van der Waals surface area contributed by atoms with Crippen molar-refractivity contribution in [3.63, 3.8) is 0 Å². The molecule has 0 aliphatic heterocycles. The summed E-state index contributed by atoms with van der Waals surface area (Å²) in [6.07, 6.45) is 0. The molecule has 82 valence electrons. The summed E-state index contributed by atoms with van der Waals surface area (Å²) < 4.78 is 0. The van der Waals surface area contributed by atoms with Crippen LogP contribution in [0.5, 0.6) is 11.5 Å². The molecule has 0 spiro atoms. The lowest BCUT2D eigenvalue weighted by Gasteiger charge is -2.04. The number of benzene rings is 2. The first-order valence-corrected chi connectivity index (χ1v) is 5.93. The molecule has 16 heavy (non-hydrogen) atoms. The first kappa shape index (κ1) is 10.9. The van der Waals surface area contributed by atoms with Gasteiger partial charge in [0.05, 0.1) is 0 Å². The van der Waals surface area contributed by atoms with E-state index in [1.807, 2.05) is 24.3 Å². The molecule has 2 N–H and O–H groups in total. The van der Waals surface area contributed by atoms with E-state index < -0.39 is 0 Å². The molecular weight excluding hydrogens is 220 g/mol. The molecule has 0 aliphatic carbocycles. The Kier molecular flexibility index (Phi) is 3.37. The number of phenols is 2. The van der Waals surface area contributed by atoms with Gasteiger partial charge in [0.1, 0.15) is 11.5 Å². The summed E-state index contributed by atoms with van der Waals surface area (Å²) in [6.45, 7) is 0. The van der Waals surface area contributed by atoms with Gasteiger partial charge in [-0.15, -0.1) is 11.8 Å². The molecule has 0 unspecified atom stereocenters. The smallest absolute Gasteiger partial charge is 0.129 e. The molecule has 0 amide bonds.